The van der Waals surface area contributed by atoms with Crippen molar-refractivity contribution < 1.29 is 23.0 Å². The Balaban J connectivity index is 3.10. The highest BCUT2D eigenvalue weighted by Crippen LogP contribution is 2.36. The summed E-state index contributed by atoms with van der Waals surface area (Å²) in [5, 5.41) is 9.87. The van der Waals surface area contributed by atoms with Crippen molar-refractivity contribution in [2.45, 2.75) is 25.3 Å². The molecule has 2 nitrogen and oxygen atoms in total. The van der Waals surface area contributed by atoms with Crippen molar-refractivity contribution in [1.29, 1.82) is 0 Å². The van der Waals surface area contributed by atoms with Gasteiger partial charge in [0.1, 0.15) is 6.42 Å². The van der Waals surface area contributed by atoms with E-state index < -0.39 is 18.4 Å². The van der Waals surface area contributed by atoms with E-state index in [1.54, 1.807) is 25.1 Å². The summed E-state index contributed by atoms with van der Waals surface area (Å²) < 4.78 is 41.6. The Bertz CT molecular complexity index is 362. The summed E-state index contributed by atoms with van der Waals surface area (Å²) in [6.07, 6.45) is -5.92. The van der Waals surface area contributed by atoms with Crippen LogP contribution in [0.4, 0.5) is 13.2 Å². The van der Waals surface area contributed by atoms with Gasteiger partial charge in [-0.25, -0.2) is 0 Å². The summed E-state index contributed by atoms with van der Waals surface area (Å²) in [7, 11) is 1.05. The summed E-state index contributed by atoms with van der Waals surface area (Å²) in [6, 6.07) is 6.28. The van der Waals surface area contributed by atoms with E-state index >= 15 is 0 Å². The molecule has 0 aliphatic heterocycles. The molecular weight excluding hydrogens is 221 g/mol. The van der Waals surface area contributed by atoms with E-state index in [0.29, 0.717) is 5.56 Å². The second-order valence-electron chi connectivity index (χ2n) is 3.60. The van der Waals surface area contributed by atoms with Crippen LogP contribution < -0.4 is 0 Å². The lowest BCUT2D eigenvalue weighted by atomic mass is 9.97. The van der Waals surface area contributed by atoms with E-state index in [9.17, 15) is 18.3 Å². The minimum absolute atomic E-state index is 0.134. The molecule has 0 amide bonds. The Hall–Kier alpha value is -1.07. The zero-order valence-corrected chi connectivity index (χ0v) is 9.01. The van der Waals surface area contributed by atoms with Crippen LogP contribution >= 0.6 is 0 Å². The Morgan fingerprint density at radius 1 is 1.25 bits per heavy atom. The molecule has 0 saturated carbocycles. The van der Waals surface area contributed by atoms with Gasteiger partial charge in [0.25, 0.3) is 0 Å². The normalized spacial score (nSPS) is 15.9. The molecule has 0 fully saturated rings. The summed E-state index contributed by atoms with van der Waals surface area (Å²) >= 11 is 0. The maximum absolute atomic E-state index is 12.3. The van der Waals surface area contributed by atoms with Crippen LogP contribution in [0.15, 0.2) is 24.3 Å². The zero-order valence-electron chi connectivity index (χ0n) is 9.01. The van der Waals surface area contributed by atoms with Crippen LogP contribution in [0.25, 0.3) is 0 Å². The van der Waals surface area contributed by atoms with Crippen LogP contribution in [-0.4, -0.2) is 18.4 Å². The fraction of sp³-hybridized carbons (Fsp3) is 0.455. The van der Waals surface area contributed by atoms with Crippen molar-refractivity contribution in [3.63, 3.8) is 0 Å². The van der Waals surface area contributed by atoms with Gasteiger partial charge in [0.05, 0.1) is 0 Å². The molecule has 5 heteroatoms. The zero-order chi connectivity index (χ0) is 12.4. The number of alkyl halides is 3. The Kier molecular flexibility index (Phi) is 3.60. The number of aryl methyl sites for hydroxylation is 1. The number of rotatable bonds is 3. The second kappa shape index (κ2) is 4.43. The molecule has 0 bridgehead atoms. The van der Waals surface area contributed by atoms with Crippen LogP contribution in [-0.2, 0) is 10.5 Å². The third-order valence-electron chi connectivity index (χ3n) is 2.34. The number of halogens is 3. The molecule has 0 spiro atoms. The van der Waals surface area contributed by atoms with Gasteiger partial charge in [-0.05, 0) is 12.5 Å². The lowest BCUT2D eigenvalue weighted by Crippen LogP contribution is -2.34. The maximum atomic E-state index is 12.3. The van der Waals surface area contributed by atoms with Crippen molar-refractivity contribution in [3.8, 4) is 0 Å². The molecule has 90 valence electrons. The molecule has 1 rings (SSSR count). The molecule has 0 radical (unpaired) electrons. The van der Waals surface area contributed by atoms with Gasteiger partial charge in [0.2, 0.25) is 5.79 Å². The van der Waals surface area contributed by atoms with Crippen molar-refractivity contribution in [2.24, 2.45) is 0 Å². The Labute approximate surface area is 91.7 Å². The van der Waals surface area contributed by atoms with E-state index in [2.05, 4.69) is 4.74 Å². The highest BCUT2D eigenvalue weighted by atomic mass is 19.4. The molecule has 1 aromatic carbocycles. The minimum Gasteiger partial charge on any atom is -0.362 e. The van der Waals surface area contributed by atoms with Gasteiger partial charge in [0.15, 0.2) is 0 Å². The molecule has 0 aromatic heterocycles. The highest BCUT2D eigenvalue weighted by molar-refractivity contribution is 5.29. The summed E-state index contributed by atoms with van der Waals surface area (Å²) in [5.74, 6) is -2.32. The highest BCUT2D eigenvalue weighted by Gasteiger charge is 2.43. The molecule has 1 N–H and O–H groups in total. The van der Waals surface area contributed by atoms with E-state index in [4.69, 9.17) is 0 Å². The first kappa shape index (κ1) is 13.0. The van der Waals surface area contributed by atoms with Gasteiger partial charge in [0, 0.05) is 12.7 Å². The standard InChI is InChI=1S/C11H13F3O2/c1-8-5-3-4-6-9(8)10(15,16-2)7-11(12,13)14/h3-6,15H,7H2,1-2H3. The monoisotopic (exact) mass is 234 g/mol. The fourth-order valence-electron chi connectivity index (χ4n) is 1.56. The smallest absolute Gasteiger partial charge is 0.362 e. The number of hydrogen-bond donors (Lipinski definition) is 1. The molecule has 0 heterocycles. The summed E-state index contributed by atoms with van der Waals surface area (Å²) in [6.45, 7) is 1.62. The van der Waals surface area contributed by atoms with E-state index in [0.717, 1.165) is 7.11 Å². The maximum Gasteiger partial charge on any atom is 0.394 e. The first-order chi connectivity index (χ1) is 7.28. The number of ether oxygens (including phenoxy) is 1. The number of benzene rings is 1. The third kappa shape index (κ3) is 2.96. The average Bonchev–Trinajstić information content (AvgIpc) is 2.15. The van der Waals surface area contributed by atoms with Crippen molar-refractivity contribution in [3.05, 3.63) is 35.4 Å². The van der Waals surface area contributed by atoms with E-state index in [1.807, 2.05) is 0 Å². The number of hydrogen-bond acceptors (Lipinski definition) is 2. The minimum atomic E-state index is -4.49. The summed E-state index contributed by atoms with van der Waals surface area (Å²) in [4.78, 5) is 0. The van der Waals surface area contributed by atoms with Gasteiger partial charge >= 0.3 is 6.18 Å². The van der Waals surface area contributed by atoms with Gasteiger partial charge in [-0.3, -0.25) is 0 Å². The Morgan fingerprint density at radius 2 is 1.81 bits per heavy atom. The molecule has 1 atom stereocenters. The van der Waals surface area contributed by atoms with E-state index in [-0.39, 0.29) is 5.56 Å². The molecule has 1 unspecified atom stereocenters. The molecule has 0 aliphatic carbocycles. The predicted molar refractivity (Wildman–Crippen MR) is 52.8 cm³/mol. The first-order valence-electron chi connectivity index (χ1n) is 4.69. The van der Waals surface area contributed by atoms with Gasteiger partial charge in [-0.1, -0.05) is 24.3 Å². The van der Waals surface area contributed by atoms with Crippen molar-refractivity contribution >= 4 is 0 Å². The topological polar surface area (TPSA) is 29.5 Å². The van der Waals surface area contributed by atoms with Crippen LogP contribution in [0.1, 0.15) is 17.5 Å². The second-order valence-corrected chi connectivity index (χ2v) is 3.60. The largest absolute Gasteiger partial charge is 0.394 e. The predicted octanol–water partition coefficient (Wildman–Crippen LogP) is 2.74. The quantitative estimate of drug-likeness (QED) is 0.815. The van der Waals surface area contributed by atoms with Crippen LogP contribution in [0.2, 0.25) is 0 Å². The molecule has 1 aromatic rings. The summed E-state index contributed by atoms with van der Waals surface area (Å²) in [5.41, 5.74) is 0.686. The molecular formula is C11H13F3O2. The van der Waals surface area contributed by atoms with Crippen molar-refractivity contribution in [1.82, 2.24) is 0 Å². The Morgan fingerprint density at radius 3 is 2.25 bits per heavy atom. The SMILES string of the molecule is COC(O)(CC(F)(F)F)c1ccccc1C. The van der Waals surface area contributed by atoms with Crippen LogP contribution in [0.3, 0.4) is 0 Å². The van der Waals surface area contributed by atoms with Gasteiger partial charge < -0.3 is 9.84 Å². The average molecular weight is 234 g/mol. The lowest BCUT2D eigenvalue weighted by molar-refractivity contribution is -0.264. The molecule has 0 aliphatic rings. The fourth-order valence-corrected chi connectivity index (χ4v) is 1.56. The van der Waals surface area contributed by atoms with Gasteiger partial charge in [-0.2, -0.15) is 13.2 Å². The molecule has 0 saturated heterocycles. The molecule has 16 heavy (non-hydrogen) atoms. The van der Waals surface area contributed by atoms with Crippen molar-refractivity contribution in [2.75, 3.05) is 7.11 Å². The first-order valence-corrected chi connectivity index (χ1v) is 4.69. The van der Waals surface area contributed by atoms with Gasteiger partial charge in [-0.15, -0.1) is 0 Å². The van der Waals surface area contributed by atoms with Crippen LogP contribution in [0, 0.1) is 6.92 Å². The lowest BCUT2D eigenvalue weighted by Gasteiger charge is -2.29. The van der Waals surface area contributed by atoms with Crippen LogP contribution in [0.5, 0.6) is 0 Å². The number of methoxy groups -OCH3 is 1. The number of aliphatic hydroxyl groups is 1. The van der Waals surface area contributed by atoms with E-state index in [1.165, 1.54) is 6.07 Å². The third-order valence-corrected chi connectivity index (χ3v) is 2.34.